The molecular formula is C22H30O9. The Labute approximate surface area is 181 Å². The summed E-state index contributed by atoms with van der Waals surface area (Å²) in [5.41, 5.74) is 0.167. The van der Waals surface area contributed by atoms with Gasteiger partial charge in [0.2, 0.25) is 0 Å². The molecule has 31 heavy (non-hydrogen) atoms. The van der Waals surface area contributed by atoms with Crippen LogP contribution in [0.4, 0.5) is 0 Å². The number of aromatic hydroxyl groups is 1. The second kappa shape index (κ2) is 11.3. The van der Waals surface area contributed by atoms with Gasteiger partial charge >= 0.3 is 5.97 Å². The summed E-state index contributed by atoms with van der Waals surface area (Å²) >= 11 is 0. The summed E-state index contributed by atoms with van der Waals surface area (Å²) < 4.78 is 21.0. The molecule has 0 saturated heterocycles. The van der Waals surface area contributed by atoms with Crippen molar-refractivity contribution in [3.63, 3.8) is 0 Å². The second-order valence-corrected chi connectivity index (χ2v) is 7.33. The minimum atomic E-state index is -1.56. The first-order valence-electron chi connectivity index (χ1n) is 9.82. The molecule has 0 fully saturated rings. The van der Waals surface area contributed by atoms with Gasteiger partial charge in [-0.05, 0) is 18.6 Å². The van der Waals surface area contributed by atoms with E-state index in [1.54, 1.807) is 19.9 Å². The highest BCUT2D eigenvalue weighted by Gasteiger charge is 2.31. The van der Waals surface area contributed by atoms with Gasteiger partial charge in [0.1, 0.15) is 54.4 Å². The lowest BCUT2D eigenvalue weighted by atomic mass is 9.97. The van der Waals surface area contributed by atoms with E-state index in [-0.39, 0.29) is 29.6 Å². The topological polar surface area (TPSA) is 135 Å². The van der Waals surface area contributed by atoms with E-state index < -0.39 is 36.5 Å². The lowest BCUT2D eigenvalue weighted by molar-refractivity contribution is -0.134. The molecule has 0 bridgehead atoms. The number of cyclic esters (lactones) is 1. The molecule has 172 valence electrons. The normalized spacial score (nSPS) is 29.7. The summed E-state index contributed by atoms with van der Waals surface area (Å²) in [6.45, 7) is 3.23. The Bertz CT molecular complexity index is 804. The molecule has 1 heterocycles. The zero-order valence-electron chi connectivity index (χ0n) is 18.0. The van der Waals surface area contributed by atoms with Gasteiger partial charge in [0, 0.05) is 19.1 Å². The average Bonchev–Trinajstić information content (AvgIpc) is 2.74. The van der Waals surface area contributed by atoms with Gasteiger partial charge in [0.25, 0.3) is 0 Å². The van der Waals surface area contributed by atoms with Crippen LogP contribution in [0.3, 0.4) is 0 Å². The van der Waals surface area contributed by atoms with Crippen molar-refractivity contribution in [1.29, 1.82) is 0 Å². The van der Waals surface area contributed by atoms with Crippen molar-refractivity contribution in [3.8, 4) is 11.5 Å². The number of phenolic OH excluding ortho intramolecular Hbond substituents is 1. The maximum atomic E-state index is 12.8. The zero-order chi connectivity index (χ0) is 23.1. The van der Waals surface area contributed by atoms with Crippen molar-refractivity contribution in [2.75, 3.05) is 21.0 Å². The van der Waals surface area contributed by atoms with E-state index in [0.29, 0.717) is 5.75 Å². The summed E-state index contributed by atoms with van der Waals surface area (Å²) in [6, 6.07) is 2.80. The minimum absolute atomic E-state index is 0.0855. The minimum Gasteiger partial charge on any atom is -0.507 e. The van der Waals surface area contributed by atoms with Crippen molar-refractivity contribution >= 4 is 12.0 Å². The Kier molecular flexibility index (Phi) is 9.02. The number of hydrogen-bond acceptors (Lipinski definition) is 9. The molecule has 1 aromatic rings. The van der Waals surface area contributed by atoms with Crippen LogP contribution in [0.25, 0.3) is 6.08 Å². The van der Waals surface area contributed by atoms with E-state index in [0.717, 1.165) is 0 Å². The first kappa shape index (κ1) is 24.8. The summed E-state index contributed by atoms with van der Waals surface area (Å²) in [5.74, 6) is -1.12. The van der Waals surface area contributed by atoms with Crippen molar-refractivity contribution < 1.29 is 44.2 Å². The molecule has 1 aliphatic heterocycles. The lowest BCUT2D eigenvalue weighted by Gasteiger charge is -2.27. The molecule has 0 aromatic heterocycles. The molecule has 1 aliphatic rings. The summed E-state index contributed by atoms with van der Waals surface area (Å²) in [4.78, 5) is 12.8. The predicted octanol–water partition coefficient (Wildman–Crippen LogP) is 1.24. The Morgan fingerprint density at radius 1 is 1.03 bits per heavy atom. The molecule has 6 atom stereocenters. The number of aliphatic hydroxyl groups excluding tert-OH is 3. The summed E-state index contributed by atoms with van der Waals surface area (Å²) in [7, 11) is 2.80. The molecule has 9 heteroatoms. The monoisotopic (exact) mass is 438 g/mol. The second-order valence-electron chi connectivity index (χ2n) is 7.33. The highest BCUT2D eigenvalue weighted by atomic mass is 16.7. The van der Waals surface area contributed by atoms with Crippen LogP contribution in [0.15, 0.2) is 30.4 Å². The Morgan fingerprint density at radius 2 is 1.74 bits per heavy atom. The van der Waals surface area contributed by atoms with Gasteiger partial charge in [-0.15, -0.1) is 0 Å². The molecule has 0 saturated carbocycles. The third-order valence-electron chi connectivity index (χ3n) is 5.09. The van der Waals surface area contributed by atoms with Crippen LogP contribution in [0.5, 0.6) is 11.5 Å². The maximum absolute atomic E-state index is 12.8. The van der Waals surface area contributed by atoms with Crippen molar-refractivity contribution in [3.05, 3.63) is 41.5 Å². The molecule has 2 rings (SSSR count). The highest BCUT2D eigenvalue weighted by molar-refractivity contribution is 5.97. The number of methoxy groups -OCH3 is 2. The van der Waals surface area contributed by atoms with Gasteiger partial charge in [-0.3, -0.25) is 0 Å². The van der Waals surface area contributed by atoms with E-state index in [2.05, 4.69) is 0 Å². The van der Waals surface area contributed by atoms with Gasteiger partial charge in [-0.1, -0.05) is 31.2 Å². The fourth-order valence-corrected chi connectivity index (χ4v) is 3.00. The number of hydrogen-bond donors (Lipinski definition) is 4. The number of ether oxygens (including phenoxy) is 4. The van der Waals surface area contributed by atoms with Crippen LogP contribution in [0.2, 0.25) is 0 Å². The van der Waals surface area contributed by atoms with Crippen LogP contribution in [0, 0.1) is 5.92 Å². The number of aliphatic hydroxyl groups is 3. The van der Waals surface area contributed by atoms with Crippen LogP contribution < -0.4 is 4.74 Å². The van der Waals surface area contributed by atoms with Crippen LogP contribution in [-0.4, -0.2) is 77.9 Å². The maximum Gasteiger partial charge on any atom is 0.342 e. The third kappa shape index (κ3) is 6.28. The Morgan fingerprint density at radius 3 is 2.39 bits per heavy atom. The van der Waals surface area contributed by atoms with E-state index in [9.17, 15) is 25.2 Å². The lowest BCUT2D eigenvalue weighted by Crippen LogP contribution is -2.44. The summed E-state index contributed by atoms with van der Waals surface area (Å²) in [6.07, 6.45) is -0.468. The van der Waals surface area contributed by atoms with Crippen LogP contribution in [0.1, 0.15) is 29.8 Å². The number of esters is 1. The van der Waals surface area contributed by atoms with E-state index in [4.69, 9.17) is 18.9 Å². The largest absolute Gasteiger partial charge is 0.507 e. The number of phenols is 1. The summed E-state index contributed by atoms with van der Waals surface area (Å²) in [5, 5.41) is 41.7. The third-order valence-corrected chi connectivity index (χ3v) is 5.09. The molecule has 0 amide bonds. The standard InChI is InChI=1S/C22H30O9/c1-12-5-7-16(23)20(25)21(26)18(30-11-28-3)8-6-14-9-15(29-4)10-17(24)19(14)22(27)31-13(12)2/h5-10,12-13,16,18,20-21,23-26H,11H2,1-4H3/t12-,13+,16?,18?,20-,21+/m1/s1. The number of rotatable bonds is 4. The van der Waals surface area contributed by atoms with Crippen LogP contribution >= 0.6 is 0 Å². The van der Waals surface area contributed by atoms with Crippen molar-refractivity contribution in [2.45, 2.75) is 44.4 Å². The molecule has 0 spiro atoms. The molecule has 2 unspecified atom stereocenters. The molecule has 9 nitrogen and oxygen atoms in total. The fourth-order valence-electron chi connectivity index (χ4n) is 3.00. The predicted molar refractivity (Wildman–Crippen MR) is 112 cm³/mol. The van der Waals surface area contributed by atoms with Crippen molar-refractivity contribution in [2.24, 2.45) is 5.92 Å². The quantitative estimate of drug-likeness (QED) is 0.311. The van der Waals surface area contributed by atoms with Gasteiger partial charge in [-0.25, -0.2) is 4.79 Å². The first-order valence-corrected chi connectivity index (χ1v) is 9.82. The van der Waals surface area contributed by atoms with Crippen LogP contribution in [-0.2, 0) is 14.2 Å². The smallest absolute Gasteiger partial charge is 0.342 e. The Hall–Kier alpha value is -2.43. The van der Waals surface area contributed by atoms with E-state index in [1.165, 1.54) is 44.6 Å². The number of benzene rings is 1. The fraction of sp³-hybridized carbons (Fsp3) is 0.500. The van der Waals surface area contributed by atoms with Gasteiger partial charge in [0.05, 0.1) is 7.11 Å². The van der Waals surface area contributed by atoms with Gasteiger partial charge in [-0.2, -0.15) is 0 Å². The van der Waals surface area contributed by atoms with Gasteiger partial charge in [0.15, 0.2) is 0 Å². The van der Waals surface area contributed by atoms with E-state index in [1.807, 2.05) is 0 Å². The van der Waals surface area contributed by atoms with Gasteiger partial charge < -0.3 is 39.4 Å². The zero-order valence-corrected chi connectivity index (χ0v) is 18.0. The molecule has 4 N–H and O–H groups in total. The molecule has 0 aliphatic carbocycles. The first-order chi connectivity index (χ1) is 14.7. The SMILES string of the molecule is COCOC1C=Cc2cc(OC)cc(O)c2C(=O)O[C@@H](C)[C@H](C)C=CC(O)[C@@H](O)[C@H]1O. The number of carbonyl (C=O) groups excluding carboxylic acids is 1. The molecule has 1 aromatic carbocycles. The number of fused-ring (bicyclic) bond motifs is 1. The van der Waals surface area contributed by atoms with E-state index >= 15 is 0 Å². The number of carbonyl (C=O) groups is 1. The molecular weight excluding hydrogens is 408 g/mol. The van der Waals surface area contributed by atoms with Crippen molar-refractivity contribution in [1.82, 2.24) is 0 Å². The Balaban J connectivity index is 2.59. The average molecular weight is 438 g/mol. The highest BCUT2D eigenvalue weighted by Crippen LogP contribution is 2.31. The molecule has 0 radical (unpaired) electrons.